The fourth-order valence-corrected chi connectivity index (χ4v) is 4.82. The summed E-state index contributed by atoms with van der Waals surface area (Å²) in [5.74, 6) is 2.73. The van der Waals surface area contributed by atoms with Gasteiger partial charge in [-0.05, 0) is 51.0 Å². The first-order valence-electron chi connectivity index (χ1n) is 11.6. The molecule has 0 spiro atoms. The highest BCUT2D eigenvalue weighted by atomic mass is 16.2. The van der Waals surface area contributed by atoms with Crippen molar-refractivity contribution in [3.63, 3.8) is 0 Å². The molecule has 2 aliphatic heterocycles. The van der Waals surface area contributed by atoms with Crippen LogP contribution in [0, 0.1) is 0 Å². The molecule has 0 unspecified atom stereocenters. The largest absolute Gasteiger partial charge is 0.350 e. The minimum Gasteiger partial charge on any atom is -0.350 e. The SMILES string of the molecule is CC(C)c1cc(Nc2nc(N3CCC[C@H]3C(=O)N[C@H]3CCNC3)nc3c2CCC3)n[nH]1. The molecule has 4 heterocycles. The summed E-state index contributed by atoms with van der Waals surface area (Å²) in [5, 5.41) is 17.4. The zero-order valence-corrected chi connectivity index (χ0v) is 18.4. The minimum atomic E-state index is -0.203. The Kier molecular flexibility index (Phi) is 5.52. The Balaban J connectivity index is 1.39. The zero-order valence-electron chi connectivity index (χ0n) is 18.4. The molecule has 0 saturated carbocycles. The van der Waals surface area contributed by atoms with Crippen LogP contribution in [0.3, 0.4) is 0 Å². The molecule has 166 valence electrons. The molecule has 2 atom stereocenters. The van der Waals surface area contributed by atoms with Crippen molar-refractivity contribution in [1.82, 2.24) is 30.8 Å². The monoisotopic (exact) mass is 424 g/mol. The molecule has 2 saturated heterocycles. The molecule has 0 radical (unpaired) electrons. The van der Waals surface area contributed by atoms with Gasteiger partial charge in [0.25, 0.3) is 0 Å². The van der Waals surface area contributed by atoms with Crippen molar-refractivity contribution in [2.24, 2.45) is 0 Å². The van der Waals surface area contributed by atoms with Gasteiger partial charge in [0.2, 0.25) is 11.9 Å². The lowest BCUT2D eigenvalue weighted by Crippen LogP contribution is -2.48. The first-order chi connectivity index (χ1) is 15.1. The van der Waals surface area contributed by atoms with Gasteiger partial charge in [0.1, 0.15) is 11.9 Å². The summed E-state index contributed by atoms with van der Waals surface area (Å²) in [5.41, 5.74) is 3.36. The van der Waals surface area contributed by atoms with Crippen molar-refractivity contribution >= 4 is 23.5 Å². The highest BCUT2D eigenvalue weighted by Gasteiger charge is 2.35. The normalized spacial score (nSPS) is 22.9. The Hall–Kier alpha value is -2.68. The standard InChI is InChI=1S/C22H32N8O/c1-13(2)17-11-19(29-28-17)26-20-15-5-3-6-16(15)25-22(27-20)30-10-4-7-18(30)21(31)24-14-8-9-23-12-14/h11,13-14,18,23H,3-10,12H2,1-2H3,(H,24,31)(H2,25,26,27,28,29)/t14-,18-/m0/s1. The van der Waals surface area contributed by atoms with E-state index in [0.29, 0.717) is 11.9 Å². The van der Waals surface area contributed by atoms with Crippen LogP contribution in [-0.4, -0.2) is 57.8 Å². The molecule has 3 aliphatic rings. The number of hydrogen-bond acceptors (Lipinski definition) is 7. The van der Waals surface area contributed by atoms with Gasteiger partial charge in [0.05, 0.1) is 5.69 Å². The molecule has 2 aromatic rings. The van der Waals surface area contributed by atoms with Crippen molar-refractivity contribution in [2.45, 2.75) is 70.4 Å². The van der Waals surface area contributed by atoms with Gasteiger partial charge < -0.3 is 20.9 Å². The Morgan fingerprint density at radius 1 is 1.23 bits per heavy atom. The van der Waals surface area contributed by atoms with Crippen LogP contribution in [0.25, 0.3) is 0 Å². The summed E-state index contributed by atoms with van der Waals surface area (Å²) in [4.78, 5) is 24.9. The van der Waals surface area contributed by atoms with Gasteiger partial charge in [-0.25, -0.2) is 4.98 Å². The number of nitrogens with zero attached hydrogens (tertiary/aromatic N) is 4. The number of H-pyrrole nitrogens is 1. The van der Waals surface area contributed by atoms with E-state index in [4.69, 9.17) is 9.97 Å². The smallest absolute Gasteiger partial charge is 0.243 e. The van der Waals surface area contributed by atoms with E-state index >= 15 is 0 Å². The molecule has 5 rings (SSSR count). The van der Waals surface area contributed by atoms with Crippen molar-refractivity contribution in [3.05, 3.63) is 23.0 Å². The molecule has 9 heteroatoms. The van der Waals surface area contributed by atoms with E-state index < -0.39 is 0 Å². The summed E-state index contributed by atoms with van der Waals surface area (Å²) in [6, 6.07) is 2.06. The summed E-state index contributed by atoms with van der Waals surface area (Å²) in [6.45, 7) is 6.90. The Morgan fingerprint density at radius 2 is 2.13 bits per heavy atom. The Morgan fingerprint density at radius 3 is 2.90 bits per heavy atom. The van der Waals surface area contributed by atoms with Gasteiger partial charge in [-0.2, -0.15) is 10.1 Å². The second-order valence-corrected chi connectivity index (χ2v) is 9.19. The third kappa shape index (κ3) is 4.11. The first-order valence-corrected chi connectivity index (χ1v) is 11.6. The number of anilines is 3. The molecular weight excluding hydrogens is 392 g/mol. The van der Waals surface area contributed by atoms with Crippen LogP contribution in [0.4, 0.5) is 17.6 Å². The molecule has 0 bridgehead atoms. The molecule has 1 amide bonds. The summed E-state index contributed by atoms with van der Waals surface area (Å²) in [7, 11) is 0. The summed E-state index contributed by atoms with van der Waals surface area (Å²) in [6.07, 6.45) is 5.81. The zero-order chi connectivity index (χ0) is 21.4. The van der Waals surface area contributed by atoms with Gasteiger partial charge in [0.15, 0.2) is 5.82 Å². The van der Waals surface area contributed by atoms with Gasteiger partial charge >= 0.3 is 0 Å². The van der Waals surface area contributed by atoms with E-state index in [1.165, 1.54) is 5.56 Å². The van der Waals surface area contributed by atoms with Crippen molar-refractivity contribution in [3.8, 4) is 0 Å². The van der Waals surface area contributed by atoms with E-state index in [1.807, 2.05) is 6.07 Å². The first kappa shape index (κ1) is 20.2. The summed E-state index contributed by atoms with van der Waals surface area (Å²) >= 11 is 0. The maximum Gasteiger partial charge on any atom is 0.243 e. The molecule has 0 aromatic carbocycles. The van der Waals surface area contributed by atoms with E-state index in [-0.39, 0.29) is 18.0 Å². The molecule has 4 N–H and O–H groups in total. The van der Waals surface area contributed by atoms with E-state index in [2.05, 4.69) is 44.9 Å². The third-order valence-corrected chi connectivity index (χ3v) is 6.61. The third-order valence-electron chi connectivity index (χ3n) is 6.61. The van der Waals surface area contributed by atoms with Crippen LogP contribution in [0.15, 0.2) is 6.07 Å². The fraction of sp³-hybridized carbons (Fsp3) is 0.636. The molecule has 2 aromatic heterocycles. The van der Waals surface area contributed by atoms with Crippen molar-refractivity contribution < 1.29 is 4.79 Å². The fourth-order valence-electron chi connectivity index (χ4n) is 4.82. The lowest BCUT2D eigenvalue weighted by Gasteiger charge is -2.26. The Labute approximate surface area is 182 Å². The summed E-state index contributed by atoms with van der Waals surface area (Å²) < 4.78 is 0. The topological polar surface area (TPSA) is 111 Å². The van der Waals surface area contributed by atoms with E-state index in [9.17, 15) is 4.79 Å². The second kappa shape index (κ2) is 8.45. The number of rotatable bonds is 6. The van der Waals surface area contributed by atoms with Gasteiger partial charge in [0, 0.05) is 36.5 Å². The highest BCUT2D eigenvalue weighted by Crippen LogP contribution is 2.32. The van der Waals surface area contributed by atoms with Crippen LogP contribution < -0.4 is 20.9 Å². The van der Waals surface area contributed by atoms with E-state index in [0.717, 1.165) is 81.2 Å². The lowest BCUT2D eigenvalue weighted by atomic mass is 10.1. The minimum absolute atomic E-state index is 0.0960. The number of amides is 1. The Bertz CT molecular complexity index is 949. The molecule has 31 heavy (non-hydrogen) atoms. The number of carbonyl (C=O) groups is 1. The molecule has 2 fully saturated rings. The average molecular weight is 425 g/mol. The van der Waals surface area contributed by atoms with Crippen molar-refractivity contribution in [1.29, 1.82) is 0 Å². The number of nitrogens with one attached hydrogen (secondary N) is 4. The predicted molar refractivity (Wildman–Crippen MR) is 120 cm³/mol. The molecular formula is C22H32N8O. The number of carbonyl (C=O) groups excluding carboxylic acids is 1. The van der Waals surface area contributed by atoms with Crippen LogP contribution in [0.2, 0.25) is 0 Å². The van der Waals surface area contributed by atoms with Gasteiger partial charge in [-0.15, -0.1) is 0 Å². The number of aromatic nitrogens is 4. The highest BCUT2D eigenvalue weighted by molar-refractivity contribution is 5.85. The van der Waals surface area contributed by atoms with Crippen LogP contribution in [0.5, 0.6) is 0 Å². The average Bonchev–Trinajstić information content (AvgIpc) is 3.53. The van der Waals surface area contributed by atoms with Crippen LogP contribution in [-0.2, 0) is 17.6 Å². The van der Waals surface area contributed by atoms with Crippen molar-refractivity contribution in [2.75, 3.05) is 29.9 Å². The lowest BCUT2D eigenvalue weighted by molar-refractivity contribution is -0.122. The number of aromatic amines is 1. The number of hydrogen-bond donors (Lipinski definition) is 4. The number of fused-ring (bicyclic) bond motifs is 1. The maximum atomic E-state index is 13.0. The molecule has 1 aliphatic carbocycles. The second-order valence-electron chi connectivity index (χ2n) is 9.19. The van der Waals surface area contributed by atoms with Crippen LogP contribution in [0.1, 0.15) is 62.4 Å². The van der Waals surface area contributed by atoms with Crippen LogP contribution >= 0.6 is 0 Å². The van der Waals surface area contributed by atoms with Gasteiger partial charge in [-0.3, -0.25) is 9.89 Å². The predicted octanol–water partition coefficient (Wildman–Crippen LogP) is 2.00. The van der Waals surface area contributed by atoms with E-state index in [1.54, 1.807) is 0 Å². The number of aryl methyl sites for hydroxylation is 1. The maximum absolute atomic E-state index is 13.0. The van der Waals surface area contributed by atoms with Gasteiger partial charge in [-0.1, -0.05) is 13.8 Å². The quantitative estimate of drug-likeness (QED) is 0.561. The molecule has 9 nitrogen and oxygen atoms in total.